The van der Waals surface area contributed by atoms with Crippen LogP contribution in [-0.4, -0.2) is 44.5 Å². The van der Waals surface area contributed by atoms with Gasteiger partial charge in [0.1, 0.15) is 0 Å². The number of anilines is 1. The lowest BCUT2D eigenvalue weighted by Crippen LogP contribution is -2.14. The normalized spacial score (nSPS) is 10.4. The highest BCUT2D eigenvalue weighted by Crippen LogP contribution is 2.08. The Kier molecular flexibility index (Phi) is 5.45. The van der Waals surface area contributed by atoms with Crippen molar-refractivity contribution in [3.8, 4) is 5.95 Å². The summed E-state index contributed by atoms with van der Waals surface area (Å²) in [5.41, 5.74) is 0. The Morgan fingerprint density at radius 1 is 1.35 bits per heavy atom. The number of nitrogens with one attached hydrogen (secondary N) is 1. The second kappa shape index (κ2) is 7.56. The average Bonchev–Trinajstić information content (AvgIpc) is 2.96. The first-order valence-corrected chi connectivity index (χ1v) is 6.51. The van der Waals surface area contributed by atoms with Crippen LogP contribution in [0.3, 0.4) is 0 Å². The Balaban J connectivity index is 1.90. The zero-order valence-corrected chi connectivity index (χ0v) is 11.6. The van der Waals surface area contributed by atoms with E-state index in [1.807, 2.05) is 6.08 Å². The fourth-order valence-electron chi connectivity index (χ4n) is 1.41. The van der Waals surface area contributed by atoms with E-state index in [2.05, 4.69) is 31.9 Å². The highest BCUT2D eigenvalue weighted by atomic mass is 35.5. The maximum atomic E-state index is 5.86. The zero-order chi connectivity index (χ0) is 14.2. The predicted octanol–water partition coefficient (Wildman–Crippen LogP) is 1.72. The van der Waals surface area contributed by atoms with Crippen LogP contribution in [-0.2, 0) is 4.74 Å². The lowest BCUT2D eigenvalue weighted by Gasteiger charge is -2.07. The molecule has 0 spiro atoms. The Labute approximate surface area is 121 Å². The summed E-state index contributed by atoms with van der Waals surface area (Å²) in [6, 6.07) is 1.78. The van der Waals surface area contributed by atoms with E-state index in [-0.39, 0.29) is 5.28 Å². The largest absolute Gasteiger partial charge is 0.379 e. The molecule has 0 unspecified atom stereocenters. The van der Waals surface area contributed by atoms with Crippen LogP contribution in [0.5, 0.6) is 0 Å². The van der Waals surface area contributed by atoms with E-state index in [9.17, 15) is 0 Å². The van der Waals surface area contributed by atoms with E-state index < -0.39 is 0 Å². The van der Waals surface area contributed by atoms with E-state index in [0.717, 1.165) is 6.42 Å². The number of rotatable bonds is 8. The summed E-state index contributed by atoms with van der Waals surface area (Å²) in [5, 5.41) is 7.18. The average molecular weight is 295 g/mol. The molecular formula is C12H15ClN6O. The number of ether oxygens (including phenoxy) is 1. The first kappa shape index (κ1) is 14.4. The summed E-state index contributed by atoms with van der Waals surface area (Å²) >= 11 is 5.86. The molecule has 0 radical (unpaired) electrons. The fraction of sp³-hybridized carbons (Fsp3) is 0.333. The molecule has 106 valence electrons. The van der Waals surface area contributed by atoms with Crippen molar-refractivity contribution in [3.05, 3.63) is 36.4 Å². The number of halogens is 1. The van der Waals surface area contributed by atoms with Gasteiger partial charge in [0.05, 0.1) is 13.2 Å². The van der Waals surface area contributed by atoms with Crippen molar-refractivity contribution in [1.29, 1.82) is 0 Å². The van der Waals surface area contributed by atoms with Gasteiger partial charge in [0.15, 0.2) is 0 Å². The molecule has 0 saturated heterocycles. The fourth-order valence-corrected chi connectivity index (χ4v) is 1.57. The van der Waals surface area contributed by atoms with E-state index in [1.54, 1.807) is 18.5 Å². The Morgan fingerprint density at radius 2 is 2.25 bits per heavy atom. The Morgan fingerprint density at radius 3 is 3.00 bits per heavy atom. The lowest BCUT2D eigenvalue weighted by molar-refractivity contribution is 0.148. The van der Waals surface area contributed by atoms with Crippen LogP contribution < -0.4 is 5.32 Å². The molecule has 0 aliphatic heterocycles. The molecule has 0 atom stereocenters. The molecule has 2 rings (SSSR count). The molecule has 7 nitrogen and oxygen atoms in total. The summed E-state index contributed by atoms with van der Waals surface area (Å²) < 4.78 is 6.89. The molecule has 1 N–H and O–H groups in total. The van der Waals surface area contributed by atoms with Crippen LogP contribution in [0.25, 0.3) is 5.95 Å². The van der Waals surface area contributed by atoms with Gasteiger partial charge in [0.2, 0.25) is 11.2 Å². The minimum Gasteiger partial charge on any atom is -0.379 e. The SMILES string of the molecule is C=CCCOCCNc1nc(Cl)nc(-n2cccn2)n1. The second-order valence-corrected chi connectivity index (χ2v) is 4.13. The topological polar surface area (TPSA) is 77.8 Å². The van der Waals surface area contributed by atoms with Gasteiger partial charge in [-0.3, -0.25) is 0 Å². The van der Waals surface area contributed by atoms with Crippen LogP contribution in [0.2, 0.25) is 5.28 Å². The van der Waals surface area contributed by atoms with Crippen molar-refractivity contribution in [2.75, 3.05) is 25.1 Å². The zero-order valence-electron chi connectivity index (χ0n) is 10.9. The molecule has 2 aromatic rings. The first-order valence-electron chi connectivity index (χ1n) is 6.13. The number of hydrogen-bond acceptors (Lipinski definition) is 6. The molecule has 0 aliphatic rings. The quantitative estimate of drug-likeness (QED) is 0.590. The van der Waals surface area contributed by atoms with Gasteiger partial charge in [0, 0.05) is 18.9 Å². The van der Waals surface area contributed by atoms with Crippen LogP contribution in [0.15, 0.2) is 31.1 Å². The van der Waals surface area contributed by atoms with Crippen LogP contribution in [0, 0.1) is 0 Å². The van der Waals surface area contributed by atoms with Crippen molar-refractivity contribution >= 4 is 17.5 Å². The molecule has 0 aliphatic carbocycles. The van der Waals surface area contributed by atoms with Crippen molar-refractivity contribution in [2.24, 2.45) is 0 Å². The van der Waals surface area contributed by atoms with Gasteiger partial charge < -0.3 is 10.1 Å². The van der Waals surface area contributed by atoms with Crippen LogP contribution in [0.4, 0.5) is 5.95 Å². The standard InChI is InChI=1S/C12H15ClN6O/c1-2-3-8-20-9-6-14-11-16-10(13)17-12(18-11)19-7-4-5-15-19/h2,4-5,7H,1,3,6,8-9H2,(H,14,16,17,18). The highest BCUT2D eigenvalue weighted by Gasteiger charge is 2.06. The number of hydrogen-bond donors (Lipinski definition) is 1. The maximum absolute atomic E-state index is 5.86. The van der Waals surface area contributed by atoms with E-state index >= 15 is 0 Å². The van der Waals surface area contributed by atoms with Gasteiger partial charge in [-0.2, -0.15) is 20.1 Å². The minimum absolute atomic E-state index is 0.112. The Bertz CT molecular complexity index is 545. The maximum Gasteiger partial charge on any atom is 0.256 e. The van der Waals surface area contributed by atoms with Crippen LogP contribution >= 0.6 is 11.6 Å². The van der Waals surface area contributed by atoms with Gasteiger partial charge >= 0.3 is 0 Å². The van der Waals surface area contributed by atoms with Crippen LogP contribution in [0.1, 0.15) is 6.42 Å². The van der Waals surface area contributed by atoms with E-state index in [4.69, 9.17) is 16.3 Å². The smallest absolute Gasteiger partial charge is 0.256 e. The minimum atomic E-state index is 0.112. The van der Waals surface area contributed by atoms with Gasteiger partial charge in [0.25, 0.3) is 5.95 Å². The second-order valence-electron chi connectivity index (χ2n) is 3.80. The number of nitrogens with zero attached hydrogens (tertiary/aromatic N) is 5. The molecule has 0 fully saturated rings. The highest BCUT2D eigenvalue weighted by molar-refractivity contribution is 6.28. The molecule has 2 aromatic heterocycles. The third-order valence-electron chi connectivity index (χ3n) is 2.30. The summed E-state index contributed by atoms with van der Waals surface area (Å²) in [5.74, 6) is 0.757. The molecule has 0 bridgehead atoms. The summed E-state index contributed by atoms with van der Waals surface area (Å²) in [6.07, 6.45) is 6.02. The molecule has 0 saturated carbocycles. The third kappa shape index (κ3) is 4.29. The van der Waals surface area contributed by atoms with Crippen molar-refractivity contribution < 1.29 is 4.74 Å². The Hall–Kier alpha value is -1.99. The first-order chi connectivity index (χ1) is 9.79. The van der Waals surface area contributed by atoms with Gasteiger partial charge in [-0.1, -0.05) is 6.08 Å². The molecular weight excluding hydrogens is 280 g/mol. The predicted molar refractivity (Wildman–Crippen MR) is 76.1 cm³/mol. The van der Waals surface area contributed by atoms with Gasteiger partial charge in [-0.25, -0.2) is 4.68 Å². The monoisotopic (exact) mass is 294 g/mol. The molecule has 0 aromatic carbocycles. The van der Waals surface area contributed by atoms with Crippen molar-refractivity contribution in [3.63, 3.8) is 0 Å². The van der Waals surface area contributed by atoms with Crippen molar-refractivity contribution in [2.45, 2.75) is 6.42 Å². The number of aromatic nitrogens is 5. The van der Waals surface area contributed by atoms with Gasteiger partial charge in [-0.05, 0) is 24.1 Å². The van der Waals surface area contributed by atoms with E-state index in [0.29, 0.717) is 31.7 Å². The molecule has 0 amide bonds. The molecule has 2 heterocycles. The summed E-state index contributed by atoms with van der Waals surface area (Å²) in [6.45, 7) is 5.41. The molecule has 8 heteroatoms. The summed E-state index contributed by atoms with van der Waals surface area (Å²) in [4.78, 5) is 12.2. The third-order valence-corrected chi connectivity index (χ3v) is 2.47. The van der Waals surface area contributed by atoms with Crippen molar-refractivity contribution in [1.82, 2.24) is 24.7 Å². The van der Waals surface area contributed by atoms with E-state index in [1.165, 1.54) is 4.68 Å². The molecule has 20 heavy (non-hydrogen) atoms. The van der Waals surface area contributed by atoms with Gasteiger partial charge in [-0.15, -0.1) is 6.58 Å². The lowest BCUT2D eigenvalue weighted by atomic mass is 10.4. The summed E-state index contributed by atoms with van der Waals surface area (Å²) in [7, 11) is 0.